The van der Waals surface area contributed by atoms with E-state index in [0.29, 0.717) is 5.13 Å². The second-order valence-corrected chi connectivity index (χ2v) is 6.69. The Morgan fingerprint density at radius 3 is 2.69 bits per heavy atom. The van der Waals surface area contributed by atoms with Gasteiger partial charge >= 0.3 is 5.95 Å². The van der Waals surface area contributed by atoms with E-state index in [1.54, 1.807) is 0 Å². The molecule has 2 heterocycles. The lowest BCUT2D eigenvalue weighted by Gasteiger charge is -2.07. The van der Waals surface area contributed by atoms with Gasteiger partial charge in [0.05, 0.1) is 5.69 Å². The SMILES string of the molecule is Cc1cc(C)c(-c2csc(NC(=O)Cn3cnc([N+](=O)[O-])n3)n2)cc1C. The van der Waals surface area contributed by atoms with Crippen LogP contribution in [0.15, 0.2) is 23.8 Å². The molecule has 1 aromatic carbocycles. The Bertz CT molecular complexity index is 994. The molecular weight excluding hydrogens is 356 g/mol. The highest BCUT2D eigenvalue weighted by Gasteiger charge is 2.16. The molecule has 0 aliphatic heterocycles. The molecule has 134 valence electrons. The van der Waals surface area contributed by atoms with Crippen LogP contribution in [0, 0.1) is 30.9 Å². The standard InChI is InChI=1S/C16H16N6O3S/c1-9-4-11(3)12(5-10(9)2)13-7-26-16(18-13)19-14(23)6-21-8-17-15(20-21)22(24)25/h4-5,7-8H,6H2,1-3H3,(H,18,19,23). The smallest absolute Gasteiger partial charge is 0.390 e. The van der Waals surface area contributed by atoms with E-state index in [9.17, 15) is 14.9 Å². The third-order valence-electron chi connectivity index (χ3n) is 3.86. The van der Waals surface area contributed by atoms with Crippen LogP contribution in [0.3, 0.4) is 0 Å². The number of anilines is 1. The molecule has 0 saturated heterocycles. The lowest BCUT2D eigenvalue weighted by atomic mass is 9.99. The summed E-state index contributed by atoms with van der Waals surface area (Å²) in [6, 6.07) is 4.19. The lowest BCUT2D eigenvalue weighted by Crippen LogP contribution is -2.19. The Morgan fingerprint density at radius 1 is 1.27 bits per heavy atom. The molecule has 0 unspecified atom stereocenters. The minimum absolute atomic E-state index is 0.182. The fourth-order valence-electron chi connectivity index (χ4n) is 2.44. The summed E-state index contributed by atoms with van der Waals surface area (Å²) in [7, 11) is 0. The average molecular weight is 372 g/mol. The van der Waals surface area contributed by atoms with Crippen molar-refractivity contribution in [3.05, 3.63) is 50.6 Å². The number of aromatic nitrogens is 4. The molecule has 9 nitrogen and oxygen atoms in total. The summed E-state index contributed by atoms with van der Waals surface area (Å²) >= 11 is 1.32. The fraction of sp³-hybridized carbons (Fsp3) is 0.250. The van der Waals surface area contributed by atoms with Gasteiger partial charge in [-0.25, -0.2) is 4.98 Å². The van der Waals surface area contributed by atoms with Gasteiger partial charge in [-0.3, -0.25) is 4.79 Å². The number of amides is 1. The monoisotopic (exact) mass is 372 g/mol. The van der Waals surface area contributed by atoms with Gasteiger partial charge in [-0.2, -0.15) is 4.68 Å². The first-order valence-electron chi connectivity index (χ1n) is 7.71. The molecule has 0 spiro atoms. The van der Waals surface area contributed by atoms with E-state index in [-0.39, 0.29) is 12.5 Å². The van der Waals surface area contributed by atoms with Crippen LogP contribution in [0.5, 0.6) is 0 Å². The maximum Gasteiger partial charge on any atom is 0.490 e. The van der Waals surface area contributed by atoms with Crippen LogP contribution in [-0.4, -0.2) is 30.6 Å². The Balaban J connectivity index is 1.71. The van der Waals surface area contributed by atoms with Crippen molar-refractivity contribution in [3.8, 4) is 11.3 Å². The van der Waals surface area contributed by atoms with Crippen LogP contribution >= 0.6 is 11.3 Å². The van der Waals surface area contributed by atoms with Crippen molar-refractivity contribution in [2.24, 2.45) is 0 Å². The first kappa shape index (κ1) is 17.7. The van der Waals surface area contributed by atoms with E-state index in [2.05, 4.69) is 39.4 Å². The largest absolute Gasteiger partial charge is 0.490 e. The van der Waals surface area contributed by atoms with Crippen LogP contribution in [0.1, 0.15) is 16.7 Å². The molecule has 26 heavy (non-hydrogen) atoms. The van der Waals surface area contributed by atoms with Crippen LogP contribution in [0.4, 0.5) is 11.1 Å². The minimum Gasteiger partial charge on any atom is -0.390 e. The Kier molecular flexibility index (Phi) is 4.76. The lowest BCUT2D eigenvalue weighted by molar-refractivity contribution is -0.394. The number of rotatable bonds is 5. The Morgan fingerprint density at radius 2 is 2.00 bits per heavy atom. The highest BCUT2D eigenvalue weighted by Crippen LogP contribution is 2.29. The predicted octanol–water partition coefficient (Wildman–Crippen LogP) is 2.87. The molecule has 10 heteroatoms. The molecule has 0 atom stereocenters. The zero-order valence-electron chi connectivity index (χ0n) is 14.4. The number of aryl methyl sites for hydroxylation is 3. The van der Waals surface area contributed by atoms with E-state index in [4.69, 9.17) is 0 Å². The van der Waals surface area contributed by atoms with Crippen molar-refractivity contribution in [1.29, 1.82) is 0 Å². The van der Waals surface area contributed by atoms with Gasteiger partial charge in [0.1, 0.15) is 6.54 Å². The quantitative estimate of drug-likeness (QED) is 0.544. The molecule has 0 aliphatic carbocycles. The molecule has 2 aromatic heterocycles. The maximum absolute atomic E-state index is 12.1. The third kappa shape index (κ3) is 3.75. The second-order valence-electron chi connectivity index (χ2n) is 5.84. The highest BCUT2D eigenvalue weighted by atomic mass is 32.1. The molecule has 0 radical (unpaired) electrons. The zero-order chi connectivity index (χ0) is 18.8. The summed E-state index contributed by atoms with van der Waals surface area (Å²) in [6.45, 7) is 5.95. The first-order chi connectivity index (χ1) is 12.3. The summed E-state index contributed by atoms with van der Waals surface area (Å²) in [4.78, 5) is 29.9. The third-order valence-corrected chi connectivity index (χ3v) is 4.62. The molecule has 3 aromatic rings. The van der Waals surface area contributed by atoms with E-state index < -0.39 is 10.9 Å². The number of benzene rings is 1. The summed E-state index contributed by atoms with van der Waals surface area (Å²) in [5.41, 5.74) is 5.33. The van der Waals surface area contributed by atoms with Crippen molar-refractivity contribution < 1.29 is 9.72 Å². The number of nitro groups is 1. The molecule has 0 bridgehead atoms. The summed E-state index contributed by atoms with van der Waals surface area (Å²) in [5, 5.41) is 19.2. The average Bonchev–Trinajstić information content (AvgIpc) is 3.20. The van der Waals surface area contributed by atoms with E-state index in [0.717, 1.165) is 27.8 Å². The number of nitrogens with zero attached hydrogens (tertiary/aromatic N) is 5. The number of carbonyl (C=O) groups is 1. The summed E-state index contributed by atoms with van der Waals surface area (Å²) < 4.78 is 1.11. The maximum atomic E-state index is 12.1. The molecule has 0 saturated carbocycles. The summed E-state index contributed by atoms with van der Waals surface area (Å²) in [6.07, 6.45) is 1.14. The molecule has 0 fully saturated rings. The minimum atomic E-state index is -0.715. The van der Waals surface area contributed by atoms with E-state index in [1.807, 2.05) is 19.2 Å². The second kappa shape index (κ2) is 7.00. The van der Waals surface area contributed by atoms with Crippen LogP contribution < -0.4 is 5.32 Å². The van der Waals surface area contributed by atoms with Gasteiger partial charge in [0.2, 0.25) is 12.2 Å². The molecule has 1 N–H and O–H groups in total. The van der Waals surface area contributed by atoms with Gasteiger partial charge in [0.25, 0.3) is 0 Å². The zero-order valence-corrected chi connectivity index (χ0v) is 15.2. The molecule has 0 aliphatic rings. The normalized spacial score (nSPS) is 10.7. The number of hydrogen-bond acceptors (Lipinski definition) is 7. The topological polar surface area (TPSA) is 116 Å². The highest BCUT2D eigenvalue weighted by molar-refractivity contribution is 7.14. The van der Waals surface area contributed by atoms with Gasteiger partial charge in [-0.15, -0.1) is 11.3 Å². The van der Waals surface area contributed by atoms with Gasteiger partial charge in [-0.05, 0) is 48.5 Å². The fourth-order valence-corrected chi connectivity index (χ4v) is 3.17. The Labute approximate surface area is 152 Å². The van der Waals surface area contributed by atoms with Gasteiger partial charge in [0, 0.05) is 16.0 Å². The van der Waals surface area contributed by atoms with Crippen molar-refractivity contribution in [2.45, 2.75) is 27.3 Å². The summed E-state index contributed by atoms with van der Waals surface area (Å²) in [5.74, 6) is -0.929. The van der Waals surface area contributed by atoms with Gasteiger partial charge in [0.15, 0.2) is 5.13 Å². The van der Waals surface area contributed by atoms with Crippen LogP contribution in [-0.2, 0) is 11.3 Å². The van der Waals surface area contributed by atoms with Gasteiger partial charge in [-0.1, -0.05) is 11.1 Å². The predicted molar refractivity (Wildman–Crippen MR) is 97.1 cm³/mol. The molecule has 3 rings (SSSR count). The Hall–Kier alpha value is -3.14. The van der Waals surface area contributed by atoms with E-state index >= 15 is 0 Å². The van der Waals surface area contributed by atoms with Crippen LogP contribution in [0.25, 0.3) is 11.3 Å². The number of hydrogen-bond donors (Lipinski definition) is 1. The number of nitrogens with one attached hydrogen (secondary N) is 1. The first-order valence-corrected chi connectivity index (χ1v) is 8.59. The van der Waals surface area contributed by atoms with Crippen molar-refractivity contribution >= 4 is 28.3 Å². The van der Waals surface area contributed by atoms with Crippen molar-refractivity contribution in [1.82, 2.24) is 19.7 Å². The molecular formula is C16H16N6O3S. The van der Waals surface area contributed by atoms with E-state index in [1.165, 1.54) is 22.5 Å². The number of thiazole rings is 1. The van der Waals surface area contributed by atoms with Gasteiger partial charge < -0.3 is 15.4 Å². The van der Waals surface area contributed by atoms with Crippen molar-refractivity contribution in [3.63, 3.8) is 0 Å². The molecule has 1 amide bonds. The number of carbonyl (C=O) groups excluding carboxylic acids is 1. The van der Waals surface area contributed by atoms with Crippen molar-refractivity contribution in [2.75, 3.05) is 5.32 Å². The van der Waals surface area contributed by atoms with Crippen LogP contribution in [0.2, 0.25) is 0 Å².